The zero-order valence-electron chi connectivity index (χ0n) is 10.3. The first-order valence-electron chi connectivity index (χ1n) is 5.28. The topological polar surface area (TPSA) is 47.0 Å². The Morgan fingerprint density at radius 1 is 1.17 bits per heavy atom. The van der Waals surface area contributed by atoms with Crippen LogP contribution in [0.2, 0.25) is 0 Å². The van der Waals surface area contributed by atoms with E-state index in [4.69, 9.17) is 0 Å². The molecule has 1 heterocycles. The van der Waals surface area contributed by atoms with Gasteiger partial charge in [0.15, 0.2) is 5.03 Å². The van der Waals surface area contributed by atoms with E-state index in [-0.39, 0.29) is 5.03 Å². The molecule has 0 aliphatic heterocycles. The first-order chi connectivity index (χ1) is 8.45. The predicted octanol–water partition coefficient (Wildman–Crippen LogP) is 3.31. The van der Waals surface area contributed by atoms with E-state index in [9.17, 15) is 8.42 Å². The number of sulfone groups is 1. The Balaban J connectivity index is 2.57. The van der Waals surface area contributed by atoms with Gasteiger partial charge in [0.25, 0.3) is 0 Å². The normalized spacial score (nSPS) is 11.7. The lowest BCUT2D eigenvalue weighted by molar-refractivity contribution is 0.591. The maximum Gasteiger partial charge on any atom is 0.225 e. The van der Waals surface area contributed by atoms with Crippen LogP contribution >= 0.6 is 23.1 Å². The zero-order chi connectivity index (χ0) is 13.3. The van der Waals surface area contributed by atoms with E-state index in [0.717, 1.165) is 14.8 Å². The number of aryl methyl sites for hydroxylation is 2. The van der Waals surface area contributed by atoms with Gasteiger partial charge in [-0.15, -0.1) is 23.1 Å². The van der Waals surface area contributed by atoms with Crippen molar-refractivity contribution in [3.63, 3.8) is 0 Å². The van der Waals surface area contributed by atoms with Crippen molar-refractivity contribution in [2.45, 2.75) is 28.0 Å². The second-order valence-corrected chi connectivity index (χ2v) is 7.99. The molecule has 0 spiro atoms. The quantitative estimate of drug-likeness (QED) is 0.816. The van der Waals surface area contributed by atoms with Crippen molar-refractivity contribution < 1.29 is 8.42 Å². The minimum absolute atomic E-state index is 0.182. The summed E-state index contributed by atoms with van der Waals surface area (Å²) in [5.74, 6) is 0. The molecule has 0 amide bonds. The highest BCUT2D eigenvalue weighted by Crippen LogP contribution is 2.33. The first-order valence-corrected chi connectivity index (χ1v) is 8.81. The highest BCUT2D eigenvalue weighted by Gasteiger charge is 2.25. The van der Waals surface area contributed by atoms with Crippen LogP contribution in [0.1, 0.15) is 10.6 Å². The lowest BCUT2D eigenvalue weighted by atomic mass is 10.2. The summed E-state index contributed by atoms with van der Waals surface area (Å²) in [4.78, 5) is 4.46. The van der Waals surface area contributed by atoms with Gasteiger partial charge in [-0.2, -0.15) is 0 Å². The van der Waals surface area contributed by atoms with E-state index in [1.807, 2.05) is 20.1 Å². The third kappa shape index (κ3) is 2.46. The molecule has 18 heavy (non-hydrogen) atoms. The number of rotatable bonds is 3. The average Bonchev–Trinajstić information content (AvgIpc) is 2.72. The van der Waals surface area contributed by atoms with Gasteiger partial charge in [0.1, 0.15) is 0 Å². The van der Waals surface area contributed by atoms with Crippen LogP contribution < -0.4 is 0 Å². The Morgan fingerprint density at radius 3 is 2.33 bits per heavy atom. The minimum Gasteiger partial charge on any atom is -0.228 e. The van der Waals surface area contributed by atoms with Gasteiger partial charge in [0, 0.05) is 0 Å². The second-order valence-electron chi connectivity index (χ2n) is 3.85. The number of thioether (sulfide) groups is 1. The number of aromatic nitrogens is 1. The molecule has 1 aromatic carbocycles. The summed E-state index contributed by atoms with van der Waals surface area (Å²) in [5, 5.41) is 0.950. The summed E-state index contributed by atoms with van der Waals surface area (Å²) < 4.78 is 25.7. The smallest absolute Gasteiger partial charge is 0.225 e. The van der Waals surface area contributed by atoms with Gasteiger partial charge < -0.3 is 0 Å². The van der Waals surface area contributed by atoms with E-state index in [2.05, 4.69) is 4.98 Å². The molecule has 0 aliphatic rings. The summed E-state index contributed by atoms with van der Waals surface area (Å²) in [6.07, 6.45) is 1.86. The van der Waals surface area contributed by atoms with E-state index in [1.165, 1.54) is 23.1 Å². The monoisotopic (exact) mass is 299 g/mol. The van der Waals surface area contributed by atoms with Crippen LogP contribution in [-0.2, 0) is 9.84 Å². The van der Waals surface area contributed by atoms with Crippen molar-refractivity contribution in [2.24, 2.45) is 0 Å². The third-order valence-corrected chi connectivity index (χ3v) is 6.48. The van der Waals surface area contributed by atoms with Crippen molar-refractivity contribution in [2.75, 3.05) is 6.26 Å². The third-order valence-electron chi connectivity index (χ3n) is 2.45. The van der Waals surface area contributed by atoms with E-state index in [0.29, 0.717) is 4.90 Å². The Kier molecular flexibility index (Phi) is 3.79. The molecule has 0 fully saturated rings. The maximum absolute atomic E-state index is 12.5. The molecule has 0 N–H and O–H groups in total. The summed E-state index contributed by atoms with van der Waals surface area (Å²) in [7, 11) is -3.50. The van der Waals surface area contributed by atoms with Crippen molar-refractivity contribution in [1.29, 1.82) is 0 Å². The Hall–Kier alpha value is -0.850. The number of thiazole rings is 1. The minimum atomic E-state index is -3.50. The van der Waals surface area contributed by atoms with Gasteiger partial charge >= 0.3 is 0 Å². The molecule has 0 atom stereocenters. The molecule has 0 bridgehead atoms. The van der Waals surface area contributed by atoms with Gasteiger partial charge in [-0.1, -0.05) is 17.7 Å². The predicted molar refractivity (Wildman–Crippen MR) is 75.3 cm³/mol. The molecule has 0 saturated heterocycles. The molecule has 2 aromatic rings. The van der Waals surface area contributed by atoms with Crippen molar-refractivity contribution in [3.8, 4) is 0 Å². The standard InChI is InChI=1S/C12H13NO2S3/c1-8-4-6-10(7-5-8)18(14,15)11-12(16-3)17-9(2)13-11/h4-7H,1-3H3. The summed E-state index contributed by atoms with van der Waals surface area (Å²) in [6, 6.07) is 6.85. The lowest BCUT2D eigenvalue weighted by Gasteiger charge is -2.03. The molecule has 6 heteroatoms. The summed E-state index contributed by atoms with van der Waals surface area (Å²) in [6.45, 7) is 3.75. The molecular weight excluding hydrogens is 286 g/mol. The van der Waals surface area contributed by atoms with Crippen LogP contribution in [0.5, 0.6) is 0 Å². The van der Waals surface area contributed by atoms with Crippen LogP contribution in [0.25, 0.3) is 0 Å². The van der Waals surface area contributed by atoms with Gasteiger partial charge in [-0.25, -0.2) is 13.4 Å². The van der Waals surface area contributed by atoms with E-state index < -0.39 is 9.84 Å². The van der Waals surface area contributed by atoms with Crippen LogP contribution in [-0.4, -0.2) is 19.7 Å². The van der Waals surface area contributed by atoms with E-state index in [1.54, 1.807) is 24.3 Å². The molecule has 3 nitrogen and oxygen atoms in total. The second kappa shape index (κ2) is 5.03. The summed E-state index contributed by atoms with van der Waals surface area (Å²) >= 11 is 2.83. The van der Waals surface area contributed by atoms with Gasteiger partial charge in [0.05, 0.1) is 14.1 Å². The highest BCUT2D eigenvalue weighted by molar-refractivity contribution is 8.01. The van der Waals surface area contributed by atoms with Gasteiger partial charge in [-0.3, -0.25) is 0 Å². The van der Waals surface area contributed by atoms with Crippen molar-refractivity contribution >= 4 is 32.9 Å². The average molecular weight is 299 g/mol. The number of nitrogens with zero attached hydrogens (tertiary/aromatic N) is 1. The largest absolute Gasteiger partial charge is 0.228 e. The molecule has 0 saturated carbocycles. The van der Waals surface area contributed by atoms with Crippen molar-refractivity contribution in [1.82, 2.24) is 4.98 Å². The van der Waals surface area contributed by atoms with Crippen LogP contribution in [0.15, 0.2) is 38.4 Å². The van der Waals surface area contributed by atoms with Gasteiger partial charge in [0.2, 0.25) is 9.84 Å². The molecule has 2 rings (SSSR count). The molecule has 0 aliphatic carbocycles. The SMILES string of the molecule is CSc1sc(C)nc1S(=O)(=O)c1ccc(C)cc1. The van der Waals surface area contributed by atoms with Gasteiger partial charge in [-0.05, 0) is 32.2 Å². The first kappa shape index (κ1) is 13.6. The fourth-order valence-corrected chi connectivity index (χ4v) is 5.26. The number of hydrogen-bond acceptors (Lipinski definition) is 5. The summed E-state index contributed by atoms with van der Waals surface area (Å²) in [5.41, 5.74) is 1.04. The molecule has 1 aromatic heterocycles. The highest BCUT2D eigenvalue weighted by atomic mass is 32.2. The Labute approximate surface area is 115 Å². The Morgan fingerprint density at radius 2 is 1.78 bits per heavy atom. The van der Waals surface area contributed by atoms with Crippen molar-refractivity contribution in [3.05, 3.63) is 34.8 Å². The maximum atomic E-state index is 12.5. The van der Waals surface area contributed by atoms with E-state index >= 15 is 0 Å². The molecule has 96 valence electrons. The van der Waals surface area contributed by atoms with Crippen LogP contribution in [0.3, 0.4) is 0 Å². The van der Waals surface area contributed by atoms with Crippen LogP contribution in [0.4, 0.5) is 0 Å². The molecule has 0 radical (unpaired) electrons. The molecule has 0 unspecified atom stereocenters. The number of hydrogen-bond donors (Lipinski definition) is 0. The fraction of sp³-hybridized carbons (Fsp3) is 0.250. The van der Waals surface area contributed by atoms with Crippen LogP contribution in [0, 0.1) is 13.8 Å². The lowest BCUT2D eigenvalue weighted by Crippen LogP contribution is -2.03. The fourth-order valence-electron chi connectivity index (χ4n) is 1.52. The Bertz CT molecular complexity index is 657. The zero-order valence-corrected chi connectivity index (χ0v) is 12.7. The molecular formula is C12H13NO2S3. The number of benzene rings is 1.